The van der Waals surface area contributed by atoms with Crippen LogP contribution >= 0.6 is 11.3 Å². The maximum absolute atomic E-state index is 11.0. The van der Waals surface area contributed by atoms with Gasteiger partial charge in [-0.15, -0.1) is 0 Å². The van der Waals surface area contributed by atoms with Crippen molar-refractivity contribution in [3.05, 3.63) is 33.1 Å². The highest BCUT2D eigenvalue weighted by Crippen LogP contribution is 2.12. The van der Waals surface area contributed by atoms with Gasteiger partial charge in [-0.2, -0.15) is 0 Å². The number of nitrogens with one attached hydrogen (secondary N) is 2. The number of hydrogen-bond donors (Lipinski definition) is 2. The molecule has 0 bridgehead atoms. The van der Waals surface area contributed by atoms with Gasteiger partial charge in [0.2, 0.25) is 5.88 Å². The number of nitrogens with zero attached hydrogens (tertiary/aromatic N) is 2. The Morgan fingerprint density at radius 2 is 2.39 bits per heavy atom. The van der Waals surface area contributed by atoms with Crippen molar-refractivity contribution in [3.8, 4) is 5.88 Å². The smallest absolute Gasteiger partial charge is 0.304 e. The normalized spacial score (nSPS) is 10.3. The van der Waals surface area contributed by atoms with Gasteiger partial charge in [0.05, 0.1) is 13.2 Å². The summed E-state index contributed by atoms with van der Waals surface area (Å²) in [6, 6.07) is 1.74. The van der Waals surface area contributed by atoms with Gasteiger partial charge in [0.15, 0.2) is 0 Å². The van der Waals surface area contributed by atoms with E-state index in [-0.39, 0.29) is 4.87 Å². The van der Waals surface area contributed by atoms with Crippen LogP contribution in [0, 0.1) is 0 Å². The molecule has 18 heavy (non-hydrogen) atoms. The molecule has 7 heteroatoms. The second-order valence-electron chi connectivity index (χ2n) is 3.62. The van der Waals surface area contributed by atoms with Gasteiger partial charge in [0, 0.05) is 17.1 Å². The molecule has 2 heterocycles. The Hall–Kier alpha value is -1.89. The fourth-order valence-corrected chi connectivity index (χ4v) is 1.89. The third-order valence-corrected chi connectivity index (χ3v) is 2.85. The second-order valence-corrected chi connectivity index (χ2v) is 4.46. The third-order valence-electron chi connectivity index (χ3n) is 2.13. The van der Waals surface area contributed by atoms with Crippen LogP contribution in [0.4, 0.5) is 5.82 Å². The molecule has 0 fully saturated rings. The summed E-state index contributed by atoms with van der Waals surface area (Å²) in [5.41, 5.74) is 0.833. The molecule has 0 aromatic carbocycles. The molecule has 0 radical (unpaired) electrons. The van der Waals surface area contributed by atoms with Crippen molar-refractivity contribution in [1.29, 1.82) is 0 Å². The number of hydrogen-bond acceptors (Lipinski definition) is 6. The summed E-state index contributed by atoms with van der Waals surface area (Å²) in [7, 11) is 0. The first kappa shape index (κ1) is 12.6. The molecule has 2 N–H and O–H groups in total. The van der Waals surface area contributed by atoms with Crippen LogP contribution in [0.5, 0.6) is 5.88 Å². The zero-order valence-electron chi connectivity index (χ0n) is 9.97. The van der Waals surface area contributed by atoms with E-state index in [0.717, 1.165) is 23.5 Å². The standard InChI is InChI=1S/C11H14N4O2S/c1-2-3-17-10-4-9(13-7-14-10)12-5-8-6-18-11(16)15-8/h4,6-7H,2-3,5H2,1H3,(H,15,16)(H,12,13,14). The molecule has 2 aromatic heterocycles. The fraction of sp³-hybridized carbons (Fsp3) is 0.364. The fourth-order valence-electron chi connectivity index (χ4n) is 1.31. The molecule has 2 rings (SSSR count). The molecule has 0 aliphatic heterocycles. The third kappa shape index (κ3) is 3.56. The Bertz CT molecular complexity index is 552. The van der Waals surface area contributed by atoms with Crippen LogP contribution in [0.1, 0.15) is 19.0 Å². The minimum Gasteiger partial charge on any atom is -0.478 e. The summed E-state index contributed by atoms with van der Waals surface area (Å²) in [6.07, 6.45) is 2.38. The Kier molecular flexibility index (Phi) is 4.30. The molecule has 0 amide bonds. The van der Waals surface area contributed by atoms with Crippen molar-refractivity contribution in [1.82, 2.24) is 15.0 Å². The van der Waals surface area contributed by atoms with E-state index in [1.54, 1.807) is 11.4 Å². The number of anilines is 1. The molecule has 0 unspecified atom stereocenters. The first-order valence-corrected chi connectivity index (χ1v) is 6.51. The quantitative estimate of drug-likeness (QED) is 0.830. The number of rotatable bonds is 6. The van der Waals surface area contributed by atoms with E-state index >= 15 is 0 Å². The van der Waals surface area contributed by atoms with E-state index in [1.165, 1.54) is 6.33 Å². The van der Waals surface area contributed by atoms with Gasteiger partial charge in [-0.05, 0) is 6.42 Å². The van der Waals surface area contributed by atoms with Gasteiger partial charge in [-0.1, -0.05) is 18.3 Å². The summed E-state index contributed by atoms with van der Waals surface area (Å²) in [5.74, 6) is 1.22. The van der Waals surface area contributed by atoms with E-state index in [9.17, 15) is 4.79 Å². The summed E-state index contributed by atoms with van der Waals surface area (Å²) in [5, 5.41) is 4.88. The number of aromatic nitrogens is 3. The largest absolute Gasteiger partial charge is 0.478 e. The predicted molar refractivity (Wildman–Crippen MR) is 70.1 cm³/mol. The molecule has 0 aliphatic carbocycles. The summed E-state index contributed by atoms with van der Waals surface area (Å²) in [4.78, 5) is 21.7. The van der Waals surface area contributed by atoms with E-state index in [1.807, 2.05) is 6.92 Å². The van der Waals surface area contributed by atoms with Gasteiger partial charge in [-0.3, -0.25) is 4.79 Å². The molecule has 6 nitrogen and oxygen atoms in total. The molecule has 2 aromatic rings. The Balaban J connectivity index is 1.94. The van der Waals surface area contributed by atoms with Gasteiger partial charge < -0.3 is 15.0 Å². The number of aromatic amines is 1. The minimum atomic E-state index is -0.0542. The van der Waals surface area contributed by atoms with Crippen LogP contribution in [0.25, 0.3) is 0 Å². The van der Waals surface area contributed by atoms with Crippen molar-refractivity contribution in [2.24, 2.45) is 0 Å². The Labute approximate surface area is 108 Å². The van der Waals surface area contributed by atoms with Crippen molar-refractivity contribution >= 4 is 17.2 Å². The van der Waals surface area contributed by atoms with Gasteiger partial charge in [0.1, 0.15) is 12.1 Å². The predicted octanol–water partition coefficient (Wildman–Crippen LogP) is 1.63. The molecular weight excluding hydrogens is 252 g/mol. The van der Waals surface area contributed by atoms with Gasteiger partial charge in [-0.25, -0.2) is 9.97 Å². The molecule has 0 saturated heterocycles. The summed E-state index contributed by atoms with van der Waals surface area (Å²) in [6.45, 7) is 3.19. The van der Waals surface area contributed by atoms with Crippen LogP contribution in [0.2, 0.25) is 0 Å². The van der Waals surface area contributed by atoms with Crippen LogP contribution < -0.4 is 14.9 Å². The van der Waals surface area contributed by atoms with E-state index in [4.69, 9.17) is 4.74 Å². The highest BCUT2D eigenvalue weighted by Gasteiger charge is 2.01. The zero-order chi connectivity index (χ0) is 12.8. The Morgan fingerprint density at radius 1 is 1.50 bits per heavy atom. The van der Waals surface area contributed by atoms with Crippen molar-refractivity contribution in [2.75, 3.05) is 11.9 Å². The molecule has 0 aliphatic rings. The molecular formula is C11H14N4O2S. The average Bonchev–Trinajstić information content (AvgIpc) is 2.80. The lowest BCUT2D eigenvalue weighted by Gasteiger charge is -2.06. The first-order valence-electron chi connectivity index (χ1n) is 5.63. The highest BCUT2D eigenvalue weighted by atomic mass is 32.1. The highest BCUT2D eigenvalue weighted by molar-refractivity contribution is 7.07. The lowest BCUT2D eigenvalue weighted by molar-refractivity contribution is 0.305. The average molecular weight is 266 g/mol. The number of thiazole rings is 1. The van der Waals surface area contributed by atoms with Crippen LogP contribution in [-0.2, 0) is 6.54 Å². The van der Waals surface area contributed by atoms with E-state index in [2.05, 4.69) is 20.3 Å². The van der Waals surface area contributed by atoms with E-state index < -0.39 is 0 Å². The lowest BCUT2D eigenvalue weighted by atomic mass is 10.4. The van der Waals surface area contributed by atoms with Crippen molar-refractivity contribution in [2.45, 2.75) is 19.9 Å². The maximum atomic E-state index is 11.0. The molecule has 0 spiro atoms. The minimum absolute atomic E-state index is 0.0542. The lowest BCUT2D eigenvalue weighted by Crippen LogP contribution is -2.05. The van der Waals surface area contributed by atoms with Crippen LogP contribution in [-0.4, -0.2) is 21.6 Å². The van der Waals surface area contributed by atoms with Crippen molar-refractivity contribution < 1.29 is 4.74 Å². The number of ether oxygens (including phenoxy) is 1. The first-order chi connectivity index (χ1) is 8.78. The maximum Gasteiger partial charge on any atom is 0.304 e. The molecule has 0 saturated carbocycles. The Morgan fingerprint density at radius 3 is 3.11 bits per heavy atom. The summed E-state index contributed by atoms with van der Waals surface area (Å²) >= 11 is 1.15. The zero-order valence-corrected chi connectivity index (χ0v) is 10.8. The van der Waals surface area contributed by atoms with Gasteiger partial charge in [0.25, 0.3) is 0 Å². The summed E-state index contributed by atoms with van der Waals surface area (Å²) < 4.78 is 5.41. The number of H-pyrrole nitrogens is 1. The molecule has 0 atom stereocenters. The van der Waals surface area contributed by atoms with Crippen molar-refractivity contribution in [3.63, 3.8) is 0 Å². The van der Waals surface area contributed by atoms with Crippen LogP contribution in [0.15, 0.2) is 22.6 Å². The second kappa shape index (κ2) is 6.15. The SMILES string of the molecule is CCCOc1cc(NCc2csc(=O)[nH]2)ncn1. The monoisotopic (exact) mass is 266 g/mol. The van der Waals surface area contributed by atoms with Gasteiger partial charge >= 0.3 is 4.87 Å². The van der Waals surface area contributed by atoms with E-state index in [0.29, 0.717) is 24.8 Å². The van der Waals surface area contributed by atoms with Crippen LogP contribution in [0.3, 0.4) is 0 Å². The molecule has 96 valence electrons. The topological polar surface area (TPSA) is 79.9 Å².